The molecule has 1 atom stereocenters. The smallest absolute Gasteiger partial charge is 0.270 e. The molecule has 1 aromatic rings. The molecule has 0 fully saturated rings. The molecule has 1 unspecified atom stereocenters. The van der Waals surface area contributed by atoms with E-state index in [1.807, 2.05) is 0 Å². The summed E-state index contributed by atoms with van der Waals surface area (Å²) in [4.78, 5) is 21.3. The van der Waals surface area contributed by atoms with Crippen molar-refractivity contribution in [3.05, 3.63) is 39.9 Å². The molecule has 0 bridgehead atoms. The lowest BCUT2D eigenvalue weighted by molar-refractivity contribution is -0.384. The summed E-state index contributed by atoms with van der Waals surface area (Å²) < 4.78 is 0. The van der Waals surface area contributed by atoms with Gasteiger partial charge in [-0.2, -0.15) is 5.10 Å². The van der Waals surface area contributed by atoms with Gasteiger partial charge in [-0.05, 0) is 13.3 Å². The van der Waals surface area contributed by atoms with E-state index in [4.69, 9.17) is 5.11 Å². The highest BCUT2D eigenvalue weighted by Gasteiger charge is 2.04. The number of hydrogen-bond donors (Lipinski definition) is 2. The number of rotatable bonds is 6. The summed E-state index contributed by atoms with van der Waals surface area (Å²) in [5.74, 6) is -0.317. The summed E-state index contributed by atoms with van der Waals surface area (Å²) >= 11 is 0. The number of nitro benzene ring substituents is 1. The number of hydrogen-bond acceptors (Lipinski definition) is 5. The number of non-ortho nitro benzene ring substituents is 1. The second-order valence-electron chi connectivity index (χ2n) is 4.03. The lowest BCUT2D eigenvalue weighted by Gasteiger charge is -2.02. The van der Waals surface area contributed by atoms with Crippen molar-refractivity contribution >= 4 is 17.8 Å². The summed E-state index contributed by atoms with van der Waals surface area (Å²) in [5, 5.41) is 23.2. The first-order valence-corrected chi connectivity index (χ1v) is 5.73. The van der Waals surface area contributed by atoms with Crippen LogP contribution in [0.5, 0.6) is 0 Å². The van der Waals surface area contributed by atoms with Gasteiger partial charge in [0.05, 0.1) is 17.2 Å². The zero-order valence-electron chi connectivity index (χ0n) is 10.4. The van der Waals surface area contributed by atoms with Crippen molar-refractivity contribution in [1.29, 1.82) is 0 Å². The van der Waals surface area contributed by atoms with Crippen molar-refractivity contribution in [2.45, 2.75) is 25.9 Å². The zero-order valence-corrected chi connectivity index (χ0v) is 10.4. The van der Waals surface area contributed by atoms with Crippen LogP contribution in [0.3, 0.4) is 0 Å². The quantitative estimate of drug-likeness (QED) is 0.458. The number of nitrogens with one attached hydrogen (secondary N) is 1. The number of nitrogens with zero attached hydrogens (tertiary/aromatic N) is 2. The Labute approximate surface area is 110 Å². The third-order valence-electron chi connectivity index (χ3n) is 2.27. The molecule has 7 nitrogen and oxygen atoms in total. The fourth-order valence-electron chi connectivity index (χ4n) is 1.29. The topological polar surface area (TPSA) is 105 Å². The minimum Gasteiger partial charge on any atom is -0.393 e. The third-order valence-corrected chi connectivity index (χ3v) is 2.27. The molecule has 0 spiro atoms. The van der Waals surface area contributed by atoms with Crippen molar-refractivity contribution in [3.63, 3.8) is 0 Å². The predicted octanol–water partition coefficient (Wildman–Crippen LogP) is 1.21. The molecule has 1 aromatic carbocycles. The van der Waals surface area contributed by atoms with Gasteiger partial charge in [0.15, 0.2) is 0 Å². The molecular formula is C12H15N3O4. The van der Waals surface area contributed by atoms with Gasteiger partial charge in [-0.15, -0.1) is 0 Å². The number of carbonyl (C=O) groups excluding carboxylic acids is 1. The van der Waals surface area contributed by atoms with E-state index in [9.17, 15) is 14.9 Å². The van der Waals surface area contributed by atoms with Gasteiger partial charge in [-0.25, -0.2) is 5.43 Å². The van der Waals surface area contributed by atoms with E-state index >= 15 is 0 Å². The summed E-state index contributed by atoms with van der Waals surface area (Å²) in [6, 6.07) is 5.90. The average molecular weight is 265 g/mol. The van der Waals surface area contributed by atoms with Crippen LogP contribution in [0, 0.1) is 10.1 Å². The number of amides is 1. The highest BCUT2D eigenvalue weighted by atomic mass is 16.6. The Morgan fingerprint density at radius 1 is 1.63 bits per heavy atom. The Bertz CT molecular complexity index is 486. The van der Waals surface area contributed by atoms with Crippen LogP contribution >= 0.6 is 0 Å². The van der Waals surface area contributed by atoms with Crippen LogP contribution in [0.4, 0.5) is 5.69 Å². The van der Waals surface area contributed by atoms with Gasteiger partial charge in [0.25, 0.3) is 5.69 Å². The van der Waals surface area contributed by atoms with Crippen LogP contribution in [-0.4, -0.2) is 28.3 Å². The lowest BCUT2D eigenvalue weighted by Crippen LogP contribution is -2.18. The maximum atomic E-state index is 11.3. The van der Waals surface area contributed by atoms with Gasteiger partial charge in [0.2, 0.25) is 5.91 Å². The van der Waals surface area contributed by atoms with E-state index in [1.54, 1.807) is 13.0 Å². The molecule has 0 saturated carbocycles. The van der Waals surface area contributed by atoms with Gasteiger partial charge in [0, 0.05) is 24.1 Å². The van der Waals surface area contributed by atoms with E-state index < -0.39 is 11.0 Å². The fraction of sp³-hybridized carbons (Fsp3) is 0.333. The van der Waals surface area contributed by atoms with Crippen LogP contribution in [0.1, 0.15) is 25.3 Å². The first-order valence-electron chi connectivity index (χ1n) is 5.73. The molecule has 0 heterocycles. The Morgan fingerprint density at radius 2 is 2.37 bits per heavy atom. The maximum Gasteiger partial charge on any atom is 0.270 e. The number of aliphatic hydroxyl groups is 1. The Morgan fingerprint density at radius 3 is 3.00 bits per heavy atom. The fourth-order valence-corrected chi connectivity index (χ4v) is 1.29. The SMILES string of the molecule is CC(O)CCC(=O)NN=Cc1cccc([N+](=O)[O-])c1. The number of nitro groups is 1. The highest BCUT2D eigenvalue weighted by Crippen LogP contribution is 2.11. The van der Waals surface area contributed by atoms with Crippen molar-refractivity contribution in [2.24, 2.45) is 5.10 Å². The van der Waals surface area contributed by atoms with E-state index in [-0.39, 0.29) is 18.0 Å². The first-order chi connectivity index (χ1) is 8.99. The Hall–Kier alpha value is -2.28. The van der Waals surface area contributed by atoms with Crippen LogP contribution in [0.15, 0.2) is 29.4 Å². The highest BCUT2D eigenvalue weighted by molar-refractivity contribution is 5.83. The Balaban J connectivity index is 2.50. The van der Waals surface area contributed by atoms with Gasteiger partial charge < -0.3 is 5.11 Å². The lowest BCUT2D eigenvalue weighted by atomic mass is 10.2. The predicted molar refractivity (Wildman–Crippen MR) is 69.7 cm³/mol. The Kier molecular flexibility index (Phi) is 5.62. The average Bonchev–Trinajstić information content (AvgIpc) is 2.36. The summed E-state index contributed by atoms with van der Waals surface area (Å²) in [6.07, 6.45) is 1.32. The van der Waals surface area contributed by atoms with Crippen LogP contribution in [0.2, 0.25) is 0 Å². The second kappa shape index (κ2) is 7.22. The largest absolute Gasteiger partial charge is 0.393 e. The monoisotopic (exact) mass is 265 g/mol. The molecule has 1 amide bonds. The molecule has 2 N–H and O–H groups in total. The molecule has 0 aromatic heterocycles. The third kappa shape index (κ3) is 5.73. The van der Waals surface area contributed by atoms with Crippen molar-refractivity contribution in [1.82, 2.24) is 5.43 Å². The van der Waals surface area contributed by atoms with Crippen molar-refractivity contribution in [2.75, 3.05) is 0 Å². The molecule has 0 aliphatic heterocycles. The minimum atomic E-state index is -0.536. The molecule has 0 aliphatic carbocycles. The van der Waals surface area contributed by atoms with Gasteiger partial charge >= 0.3 is 0 Å². The van der Waals surface area contributed by atoms with E-state index in [0.717, 1.165) is 0 Å². The molecular weight excluding hydrogens is 250 g/mol. The van der Waals surface area contributed by atoms with Gasteiger partial charge in [-0.1, -0.05) is 12.1 Å². The van der Waals surface area contributed by atoms with Crippen LogP contribution < -0.4 is 5.43 Å². The van der Waals surface area contributed by atoms with Crippen molar-refractivity contribution in [3.8, 4) is 0 Å². The normalized spacial score (nSPS) is 12.3. The van der Waals surface area contributed by atoms with E-state index in [1.165, 1.54) is 24.4 Å². The van der Waals surface area contributed by atoms with Crippen molar-refractivity contribution < 1.29 is 14.8 Å². The molecule has 7 heteroatoms. The second-order valence-corrected chi connectivity index (χ2v) is 4.03. The zero-order chi connectivity index (χ0) is 14.3. The summed E-state index contributed by atoms with van der Waals surface area (Å²) in [7, 11) is 0. The number of carbonyl (C=O) groups is 1. The van der Waals surface area contributed by atoms with E-state index in [0.29, 0.717) is 12.0 Å². The van der Waals surface area contributed by atoms with Gasteiger partial charge in [0.1, 0.15) is 0 Å². The molecule has 19 heavy (non-hydrogen) atoms. The molecule has 0 saturated heterocycles. The molecule has 102 valence electrons. The van der Waals surface area contributed by atoms with E-state index in [2.05, 4.69) is 10.5 Å². The van der Waals surface area contributed by atoms with Crippen LogP contribution in [0.25, 0.3) is 0 Å². The molecule has 0 radical (unpaired) electrons. The van der Waals surface area contributed by atoms with Gasteiger partial charge in [-0.3, -0.25) is 14.9 Å². The molecule has 1 rings (SSSR count). The number of aliphatic hydroxyl groups excluding tert-OH is 1. The number of hydrazone groups is 1. The molecule has 0 aliphatic rings. The number of benzene rings is 1. The minimum absolute atomic E-state index is 0.0376. The standard InChI is InChI=1S/C12H15N3O4/c1-9(16)5-6-12(17)14-13-8-10-3-2-4-11(7-10)15(18)19/h2-4,7-9,16H,5-6H2,1H3,(H,14,17). The summed E-state index contributed by atoms with van der Waals surface area (Å²) in [5.41, 5.74) is 2.77. The maximum absolute atomic E-state index is 11.3. The first kappa shape index (κ1) is 14.8. The van der Waals surface area contributed by atoms with Crippen LogP contribution in [-0.2, 0) is 4.79 Å². The summed E-state index contributed by atoms with van der Waals surface area (Å²) in [6.45, 7) is 1.60.